The van der Waals surface area contributed by atoms with E-state index in [0.29, 0.717) is 17.9 Å². The molecule has 26 heavy (non-hydrogen) atoms. The third-order valence-corrected chi connectivity index (χ3v) is 3.60. The summed E-state index contributed by atoms with van der Waals surface area (Å²) >= 11 is 0. The molecule has 0 saturated carbocycles. The first-order valence-corrected chi connectivity index (χ1v) is 7.95. The lowest BCUT2D eigenvalue weighted by Gasteiger charge is -2.09. The number of nitriles is 1. The fraction of sp³-hybridized carbons (Fsp3) is 0.150. The SMILES string of the molecule is CCOc1ccc(/C=C(\C#N)C(=O)Nc2ccccc2C)cc1C(=O)O. The Labute approximate surface area is 151 Å². The standard InChI is InChI=1S/C20H18N2O4/c1-3-26-18-9-8-14(11-16(18)20(24)25)10-15(12-21)19(23)22-17-7-5-4-6-13(17)2/h4-11H,3H2,1-2H3,(H,22,23)(H,24,25)/b15-10+. The van der Waals surface area contributed by atoms with E-state index in [1.54, 1.807) is 25.1 Å². The van der Waals surface area contributed by atoms with Crippen molar-refractivity contribution >= 4 is 23.6 Å². The molecule has 6 nitrogen and oxygen atoms in total. The van der Waals surface area contributed by atoms with Gasteiger partial charge in [-0.3, -0.25) is 4.79 Å². The number of hydrogen-bond acceptors (Lipinski definition) is 4. The van der Waals surface area contributed by atoms with Gasteiger partial charge in [-0.05, 0) is 49.2 Å². The Morgan fingerprint density at radius 3 is 2.62 bits per heavy atom. The van der Waals surface area contributed by atoms with E-state index in [0.717, 1.165) is 5.56 Å². The van der Waals surface area contributed by atoms with Crippen LogP contribution in [0.2, 0.25) is 0 Å². The van der Waals surface area contributed by atoms with Gasteiger partial charge in [-0.1, -0.05) is 24.3 Å². The molecule has 0 spiro atoms. The summed E-state index contributed by atoms with van der Waals surface area (Å²) in [7, 11) is 0. The summed E-state index contributed by atoms with van der Waals surface area (Å²) in [4.78, 5) is 23.7. The van der Waals surface area contributed by atoms with Crippen molar-refractivity contribution in [2.24, 2.45) is 0 Å². The lowest BCUT2D eigenvalue weighted by molar-refractivity contribution is -0.112. The number of carboxylic acid groups (broad SMARTS) is 1. The summed E-state index contributed by atoms with van der Waals surface area (Å²) in [5.74, 6) is -1.47. The van der Waals surface area contributed by atoms with Crippen molar-refractivity contribution in [2.75, 3.05) is 11.9 Å². The molecule has 0 aliphatic rings. The second-order valence-electron chi connectivity index (χ2n) is 5.43. The summed E-state index contributed by atoms with van der Waals surface area (Å²) < 4.78 is 5.28. The molecule has 0 heterocycles. The van der Waals surface area contributed by atoms with Crippen LogP contribution in [-0.2, 0) is 4.79 Å². The number of ether oxygens (including phenoxy) is 1. The molecular formula is C20H18N2O4. The molecule has 0 atom stereocenters. The number of rotatable bonds is 6. The predicted molar refractivity (Wildman–Crippen MR) is 98.0 cm³/mol. The highest BCUT2D eigenvalue weighted by Crippen LogP contribution is 2.22. The number of carbonyl (C=O) groups is 2. The van der Waals surface area contributed by atoms with Crippen molar-refractivity contribution in [3.05, 3.63) is 64.7 Å². The molecule has 2 N–H and O–H groups in total. The lowest BCUT2D eigenvalue weighted by atomic mass is 10.1. The molecule has 2 aromatic carbocycles. The van der Waals surface area contributed by atoms with Crippen LogP contribution in [0, 0.1) is 18.3 Å². The monoisotopic (exact) mass is 350 g/mol. The van der Waals surface area contributed by atoms with Gasteiger partial charge >= 0.3 is 5.97 Å². The third kappa shape index (κ3) is 4.48. The van der Waals surface area contributed by atoms with Gasteiger partial charge in [0.2, 0.25) is 0 Å². The van der Waals surface area contributed by atoms with Crippen LogP contribution in [0.4, 0.5) is 5.69 Å². The summed E-state index contributed by atoms with van der Waals surface area (Å²) in [6.07, 6.45) is 1.34. The van der Waals surface area contributed by atoms with E-state index in [2.05, 4.69) is 5.32 Å². The first-order chi connectivity index (χ1) is 12.5. The van der Waals surface area contributed by atoms with E-state index in [1.807, 2.05) is 25.1 Å². The van der Waals surface area contributed by atoms with Gasteiger partial charge in [0.05, 0.1) is 6.61 Å². The molecule has 0 saturated heterocycles. The molecule has 132 valence electrons. The molecule has 1 amide bonds. The topological polar surface area (TPSA) is 99.4 Å². The first-order valence-electron chi connectivity index (χ1n) is 7.95. The van der Waals surface area contributed by atoms with Gasteiger partial charge in [0.25, 0.3) is 5.91 Å². The largest absolute Gasteiger partial charge is 0.493 e. The Hall–Kier alpha value is -3.59. The zero-order valence-corrected chi connectivity index (χ0v) is 14.4. The van der Waals surface area contributed by atoms with E-state index in [-0.39, 0.29) is 16.9 Å². The van der Waals surface area contributed by atoms with E-state index < -0.39 is 11.9 Å². The zero-order valence-electron chi connectivity index (χ0n) is 14.4. The van der Waals surface area contributed by atoms with Crippen molar-refractivity contribution in [1.82, 2.24) is 0 Å². The molecule has 6 heteroatoms. The van der Waals surface area contributed by atoms with Crippen LogP contribution in [0.25, 0.3) is 6.08 Å². The Balaban J connectivity index is 2.32. The van der Waals surface area contributed by atoms with Gasteiger partial charge < -0.3 is 15.2 Å². The normalized spacial score (nSPS) is 10.7. The number of para-hydroxylation sites is 1. The average Bonchev–Trinajstić information content (AvgIpc) is 2.62. The van der Waals surface area contributed by atoms with E-state index >= 15 is 0 Å². The number of carboxylic acids is 1. The van der Waals surface area contributed by atoms with Crippen LogP contribution in [0.5, 0.6) is 5.75 Å². The molecule has 0 aliphatic heterocycles. The summed E-state index contributed by atoms with van der Waals surface area (Å²) in [5.41, 5.74) is 1.73. The Kier molecular flexibility index (Phi) is 6.12. The number of carbonyl (C=O) groups excluding carboxylic acids is 1. The van der Waals surface area contributed by atoms with Crippen molar-refractivity contribution in [1.29, 1.82) is 5.26 Å². The highest BCUT2D eigenvalue weighted by molar-refractivity contribution is 6.10. The molecule has 0 fully saturated rings. The van der Waals surface area contributed by atoms with E-state index in [1.165, 1.54) is 18.2 Å². The molecule has 2 aromatic rings. The minimum absolute atomic E-state index is 0.0304. The highest BCUT2D eigenvalue weighted by atomic mass is 16.5. The highest BCUT2D eigenvalue weighted by Gasteiger charge is 2.14. The maximum absolute atomic E-state index is 12.3. The van der Waals surface area contributed by atoms with Gasteiger partial charge in [0, 0.05) is 5.69 Å². The van der Waals surface area contributed by atoms with Crippen molar-refractivity contribution in [3.8, 4) is 11.8 Å². The van der Waals surface area contributed by atoms with Crippen molar-refractivity contribution in [2.45, 2.75) is 13.8 Å². The number of nitrogens with zero attached hydrogens (tertiary/aromatic N) is 1. The summed E-state index contributed by atoms with van der Waals surface area (Å²) in [6, 6.07) is 13.5. The second-order valence-corrected chi connectivity index (χ2v) is 5.43. The number of aromatic carboxylic acids is 1. The van der Waals surface area contributed by atoms with Crippen LogP contribution in [0.15, 0.2) is 48.0 Å². The zero-order chi connectivity index (χ0) is 19.1. The molecule has 2 rings (SSSR count). The van der Waals surface area contributed by atoms with Gasteiger partial charge in [0.1, 0.15) is 23.0 Å². The van der Waals surface area contributed by atoms with Crippen LogP contribution >= 0.6 is 0 Å². The number of benzene rings is 2. The van der Waals surface area contributed by atoms with Crippen LogP contribution in [0.3, 0.4) is 0 Å². The van der Waals surface area contributed by atoms with Gasteiger partial charge in [-0.15, -0.1) is 0 Å². The molecule has 0 bridgehead atoms. The molecule has 0 unspecified atom stereocenters. The Morgan fingerprint density at radius 2 is 2.00 bits per heavy atom. The Morgan fingerprint density at radius 1 is 1.27 bits per heavy atom. The van der Waals surface area contributed by atoms with Gasteiger partial charge in [-0.2, -0.15) is 5.26 Å². The minimum atomic E-state index is -1.15. The molecular weight excluding hydrogens is 332 g/mol. The minimum Gasteiger partial charge on any atom is -0.493 e. The van der Waals surface area contributed by atoms with Crippen molar-refractivity contribution in [3.63, 3.8) is 0 Å². The van der Waals surface area contributed by atoms with E-state index in [4.69, 9.17) is 4.74 Å². The summed E-state index contributed by atoms with van der Waals surface area (Å²) in [6.45, 7) is 3.93. The Bertz CT molecular complexity index is 910. The third-order valence-electron chi connectivity index (χ3n) is 3.60. The molecule has 0 radical (unpaired) electrons. The van der Waals surface area contributed by atoms with Crippen LogP contribution in [0.1, 0.15) is 28.4 Å². The van der Waals surface area contributed by atoms with Crippen LogP contribution in [-0.4, -0.2) is 23.6 Å². The maximum Gasteiger partial charge on any atom is 0.339 e. The molecule has 0 aliphatic carbocycles. The average molecular weight is 350 g/mol. The van der Waals surface area contributed by atoms with Gasteiger partial charge in [-0.25, -0.2) is 4.79 Å². The predicted octanol–water partition coefficient (Wildman–Crippen LogP) is 3.64. The quantitative estimate of drug-likeness (QED) is 0.612. The fourth-order valence-electron chi connectivity index (χ4n) is 2.30. The number of hydrogen-bond donors (Lipinski definition) is 2. The first kappa shape index (κ1) is 18.7. The second kappa shape index (κ2) is 8.49. The number of nitrogens with one attached hydrogen (secondary N) is 1. The van der Waals surface area contributed by atoms with Crippen molar-refractivity contribution < 1.29 is 19.4 Å². The summed E-state index contributed by atoms with van der Waals surface area (Å²) in [5, 5.41) is 21.3. The smallest absolute Gasteiger partial charge is 0.339 e. The lowest BCUT2D eigenvalue weighted by Crippen LogP contribution is -2.14. The molecule has 0 aromatic heterocycles. The number of anilines is 1. The van der Waals surface area contributed by atoms with Crippen LogP contribution < -0.4 is 10.1 Å². The van der Waals surface area contributed by atoms with Gasteiger partial charge in [0.15, 0.2) is 0 Å². The number of aryl methyl sites for hydroxylation is 1. The maximum atomic E-state index is 12.3. The van der Waals surface area contributed by atoms with E-state index in [9.17, 15) is 20.0 Å². The number of amides is 1. The fourth-order valence-corrected chi connectivity index (χ4v) is 2.30.